The lowest BCUT2D eigenvalue weighted by atomic mass is 10.1. The Balaban J connectivity index is 1.64. The molecule has 0 amide bonds. The number of aromatic amines is 1. The molecule has 0 atom stereocenters. The zero-order valence-corrected chi connectivity index (χ0v) is 13.1. The van der Waals surface area contributed by atoms with E-state index in [-0.39, 0.29) is 5.69 Å². The standard InChI is InChI=1S/C19H14N4O2/c24-18(25)17-11-13-10-14(6-7-15(13)22-17)21-19-20-9-8-16(23-19)12-4-2-1-3-5-12/h1-11,22H,(H,24,25)(H,20,21,23). The molecular formula is C19H14N4O2. The zero-order chi connectivity index (χ0) is 17.2. The van der Waals surface area contributed by atoms with E-state index in [1.54, 1.807) is 12.3 Å². The molecule has 6 nitrogen and oxygen atoms in total. The van der Waals surface area contributed by atoms with Crippen molar-refractivity contribution in [2.75, 3.05) is 5.32 Å². The third kappa shape index (κ3) is 3.05. The highest BCUT2D eigenvalue weighted by Crippen LogP contribution is 2.23. The number of carboxylic acid groups (broad SMARTS) is 1. The van der Waals surface area contributed by atoms with Crippen molar-refractivity contribution >= 4 is 28.5 Å². The van der Waals surface area contributed by atoms with Crippen LogP contribution in [-0.4, -0.2) is 26.0 Å². The van der Waals surface area contributed by atoms with Gasteiger partial charge in [-0.15, -0.1) is 0 Å². The van der Waals surface area contributed by atoms with Gasteiger partial charge in [0.1, 0.15) is 5.69 Å². The van der Waals surface area contributed by atoms with Gasteiger partial charge in [-0.25, -0.2) is 14.8 Å². The van der Waals surface area contributed by atoms with Gasteiger partial charge in [0.05, 0.1) is 5.69 Å². The number of H-pyrrole nitrogens is 1. The molecule has 4 rings (SSSR count). The number of hydrogen-bond acceptors (Lipinski definition) is 4. The molecule has 0 saturated heterocycles. The topological polar surface area (TPSA) is 90.9 Å². The Morgan fingerprint density at radius 1 is 1.04 bits per heavy atom. The minimum atomic E-state index is -0.982. The first-order chi connectivity index (χ1) is 12.2. The van der Waals surface area contributed by atoms with Gasteiger partial charge in [-0.05, 0) is 30.3 Å². The molecule has 25 heavy (non-hydrogen) atoms. The third-order valence-electron chi connectivity index (χ3n) is 3.83. The lowest BCUT2D eigenvalue weighted by Gasteiger charge is -2.07. The van der Waals surface area contributed by atoms with Crippen LogP contribution in [0.5, 0.6) is 0 Å². The number of aromatic carboxylic acids is 1. The van der Waals surface area contributed by atoms with Crippen LogP contribution in [-0.2, 0) is 0 Å². The number of benzene rings is 2. The van der Waals surface area contributed by atoms with Gasteiger partial charge in [-0.1, -0.05) is 30.3 Å². The van der Waals surface area contributed by atoms with E-state index >= 15 is 0 Å². The molecule has 2 heterocycles. The quantitative estimate of drug-likeness (QED) is 0.525. The molecule has 0 spiro atoms. The molecule has 0 saturated carbocycles. The maximum Gasteiger partial charge on any atom is 0.352 e. The van der Waals surface area contributed by atoms with Crippen LogP contribution in [0.4, 0.5) is 11.6 Å². The van der Waals surface area contributed by atoms with Gasteiger partial charge < -0.3 is 15.4 Å². The Bertz CT molecular complexity index is 1060. The third-order valence-corrected chi connectivity index (χ3v) is 3.83. The highest BCUT2D eigenvalue weighted by atomic mass is 16.4. The van der Waals surface area contributed by atoms with E-state index in [1.807, 2.05) is 54.6 Å². The highest BCUT2D eigenvalue weighted by molar-refractivity contribution is 5.94. The van der Waals surface area contributed by atoms with Crippen molar-refractivity contribution in [3.05, 3.63) is 72.6 Å². The number of fused-ring (bicyclic) bond motifs is 1. The van der Waals surface area contributed by atoms with Crippen LogP contribution in [0.2, 0.25) is 0 Å². The summed E-state index contributed by atoms with van der Waals surface area (Å²) in [6.07, 6.45) is 1.70. The van der Waals surface area contributed by atoms with Gasteiger partial charge in [0.15, 0.2) is 0 Å². The Kier molecular flexibility index (Phi) is 3.63. The fraction of sp³-hybridized carbons (Fsp3) is 0. The number of anilines is 2. The van der Waals surface area contributed by atoms with Gasteiger partial charge in [-0.2, -0.15) is 0 Å². The predicted molar refractivity (Wildman–Crippen MR) is 96.0 cm³/mol. The molecule has 4 aromatic rings. The second-order valence-corrected chi connectivity index (χ2v) is 5.55. The molecule has 2 aromatic heterocycles. The molecule has 0 aliphatic carbocycles. The summed E-state index contributed by atoms with van der Waals surface area (Å²) < 4.78 is 0. The van der Waals surface area contributed by atoms with E-state index in [4.69, 9.17) is 5.11 Å². The number of aromatic nitrogens is 3. The van der Waals surface area contributed by atoms with Crippen LogP contribution in [0.15, 0.2) is 66.9 Å². The van der Waals surface area contributed by atoms with E-state index in [9.17, 15) is 4.79 Å². The highest BCUT2D eigenvalue weighted by Gasteiger charge is 2.08. The maximum atomic E-state index is 11.1. The minimum Gasteiger partial charge on any atom is -0.477 e. The van der Waals surface area contributed by atoms with Gasteiger partial charge in [-0.3, -0.25) is 0 Å². The van der Waals surface area contributed by atoms with Crippen molar-refractivity contribution in [2.45, 2.75) is 0 Å². The SMILES string of the molecule is O=C(O)c1cc2cc(Nc3nccc(-c4ccccc4)n3)ccc2[nH]1. The number of rotatable bonds is 4. The molecule has 0 aliphatic rings. The summed E-state index contributed by atoms with van der Waals surface area (Å²) in [5.74, 6) is -0.501. The summed E-state index contributed by atoms with van der Waals surface area (Å²) in [6, 6.07) is 18.9. The number of nitrogens with one attached hydrogen (secondary N) is 2. The van der Waals surface area contributed by atoms with Crippen LogP contribution < -0.4 is 5.32 Å². The van der Waals surface area contributed by atoms with Crippen LogP contribution >= 0.6 is 0 Å². The average Bonchev–Trinajstić information content (AvgIpc) is 3.06. The lowest BCUT2D eigenvalue weighted by Crippen LogP contribution is -1.97. The second-order valence-electron chi connectivity index (χ2n) is 5.55. The Morgan fingerprint density at radius 3 is 2.68 bits per heavy atom. The fourth-order valence-corrected chi connectivity index (χ4v) is 2.64. The van der Waals surface area contributed by atoms with Crippen LogP contribution in [0, 0.1) is 0 Å². The molecule has 0 radical (unpaired) electrons. The number of carbonyl (C=O) groups is 1. The summed E-state index contributed by atoms with van der Waals surface area (Å²) in [5, 5.41) is 13.0. The lowest BCUT2D eigenvalue weighted by molar-refractivity contribution is 0.0691. The Morgan fingerprint density at radius 2 is 1.88 bits per heavy atom. The predicted octanol–water partition coefficient (Wildman–Crippen LogP) is 4.07. The summed E-state index contributed by atoms with van der Waals surface area (Å²) in [4.78, 5) is 22.7. The summed E-state index contributed by atoms with van der Waals surface area (Å²) >= 11 is 0. The molecule has 2 aromatic carbocycles. The molecule has 3 N–H and O–H groups in total. The fourth-order valence-electron chi connectivity index (χ4n) is 2.64. The minimum absolute atomic E-state index is 0.162. The average molecular weight is 330 g/mol. The summed E-state index contributed by atoms with van der Waals surface area (Å²) in [5.41, 5.74) is 3.55. The van der Waals surface area contributed by atoms with Crippen LogP contribution in [0.25, 0.3) is 22.2 Å². The normalized spacial score (nSPS) is 10.7. The van der Waals surface area contributed by atoms with Crippen molar-refractivity contribution in [1.82, 2.24) is 15.0 Å². The molecule has 6 heteroatoms. The van der Waals surface area contributed by atoms with Gasteiger partial charge in [0.25, 0.3) is 0 Å². The van der Waals surface area contributed by atoms with E-state index in [0.29, 0.717) is 5.95 Å². The largest absolute Gasteiger partial charge is 0.477 e. The van der Waals surface area contributed by atoms with Crippen molar-refractivity contribution < 1.29 is 9.90 Å². The van der Waals surface area contributed by atoms with Crippen molar-refractivity contribution in [3.8, 4) is 11.3 Å². The van der Waals surface area contributed by atoms with E-state index < -0.39 is 5.97 Å². The smallest absolute Gasteiger partial charge is 0.352 e. The first-order valence-electron chi connectivity index (χ1n) is 7.70. The molecular weight excluding hydrogens is 316 g/mol. The van der Waals surface area contributed by atoms with E-state index in [2.05, 4.69) is 20.3 Å². The van der Waals surface area contributed by atoms with Gasteiger partial charge in [0, 0.05) is 28.4 Å². The first-order valence-corrected chi connectivity index (χ1v) is 7.70. The van der Waals surface area contributed by atoms with E-state index in [0.717, 1.165) is 27.8 Å². The van der Waals surface area contributed by atoms with E-state index in [1.165, 1.54) is 0 Å². The molecule has 0 unspecified atom stereocenters. The Labute approximate surface area is 143 Å². The van der Waals surface area contributed by atoms with Crippen LogP contribution in [0.3, 0.4) is 0 Å². The maximum absolute atomic E-state index is 11.1. The first kappa shape index (κ1) is 14.9. The van der Waals surface area contributed by atoms with Crippen LogP contribution in [0.1, 0.15) is 10.5 Å². The zero-order valence-electron chi connectivity index (χ0n) is 13.1. The summed E-state index contributed by atoms with van der Waals surface area (Å²) in [7, 11) is 0. The van der Waals surface area contributed by atoms with Gasteiger partial charge in [0.2, 0.25) is 5.95 Å². The Hall–Kier alpha value is -3.67. The molecule has 0 bridgehead atoms. The number of nitrogens with zero attached hydrogens (tertiary/aromatic N) is 2. The number of hydrogen-bond donors (Lipinski definition) is 3. The van der Waals surface area contributed by atoms with Crippen molar-refractivity contribution in [2.24, 2.45) is 0 Å². The number of carboxylic acids is 1. The summed E-state index contributed by atoms with van der Waals surface area (Å²) in [6.45, 7) is 0. The molecule has 122 valence electrons. The van der Waals surface area contributed by atoms with Gasteiger partial charge >= 0.3 is 5.97 Å². The van der Waals surface area contributed by atoms with Crippen molar-refractivity contribution in [3.63, 3.8) is 0 Å². The molecule has 0 fully saturated rings. The second kappa shape index (κ2) is 6.09. The monoisotopic (exact) mass is 330 g/mol. The molecule has 0 aliphatic heterocycles. The van der Waals surface area contributed by atoms with Crippen molar-refractivity contribution in [1.29, 1.82) is 0 Å².